The highest BCUT2D eigenvalue weighted by molar-refractivity contribution is 6.42. The summed E-state index contributed by atoms with van der Waals surface area (Å²) in [5.41, 5.74) is 4.46. The standard InChI is InChI=1S/C25H24Cl2N2O2/c1-30-24-8-4-5-19(25(24)31-16-17-9-10-21(26)22(27)13-17)14-28-12-11-18-15-29-23-7-3-2-6-20(18)23/h2-10,13,15,28-29H,11-12,14,16H2,1H3. The Labute approximate surface area is 192 Å². The third kappa shape index (κ3) is 5.16. The molecule has 0 atom stereocenters. The number of rotatable bonds is 9. The first-order valence-electron chi connectivity index (χ1n) is 10.1. The van der Waals surface area contributed by atoms with E-state index in [-0.39, 0.29) is 0 Å². The highest BCUT2D eigenvalue weighted by Gasteiger charge is 2.12. The lowest BCUT2D eigenvalue weighted by molar-refractivity contribution is 0.280. The van der Waals surface area contributed by atoms with Gasteiger partial charge in [0.15, 0.2) is 11.5 Å². The maximum atomic E-state index is 6.13. The van der Waals surface area contributed by atoms with Crippen LogP contribution in [0.3, 0.4) is 0 Å². The molecule has 4 rings (SSSR count). The molecular weight excluding hydrogens is 431 g/mol. The van der Waals surface area contributed by atoms with Gasteiger partial charge in [0.05, 0.1) is 17.2 Å². The second kappa shape index (κ2) is 10.1. The molecule has 6 heteroatoms. The summed E-state index contributed by atoms with van der Waals surface area (Å²) >= 11 is 12.1. The molecule has 4 nitrogen and oxygen atoms in total. The quantitative estimate of drug-likeness (QED) is 0.287. The Morgan fingerprint density at radius 1 is 0.935 bits per heavy atom. The summed E-state index contributed by atoms with van der Waals surface area (Å²) in [6.07, 6.45) is 3.02. The molecule has 0 spiro atoms. The van der Waals surface area contributed by atoms with Crippen molar-refractivity contribution in [2.24, 2.45) is 0 Å². The van der Waals surface area contributed by atoms with Crippen LogP contribution in [0.15, 0.2) is 66.9 Å². The predicted octanol–water partition coefficient (Wildman–Crippen LogP) is 6.39. The first kappa shape index (κ1) is 21.6. The van der Waals surface area contributed by atoms with Crippen molar-refractivity contribution in [3.8, 4) is 11.5 Å². The van der Waals surface area contributed by atoms with Crippen LogP contribution in [0.5, 0.6) is 11.5 Å². The van der Waals surface area contributed by atoms with E-state index >= 15 is 0 Å². The summed E-state index contributed by atoms with van der Waals surface area (Å²) in [7, 11) is 1.65. The van der Waals surface area contributed by atoms with Gasteiger partial charge in [-0.2, -0.15) is 0 Å². The average Bonchev–Trinajstić information content (AvgIpc) is 3.21. The minimum Gasteiger partial charge on any atom is -0.493 e. The van der Waals surface area contributed by atoms with Gasteiger partial charge in [-0.3, -0.25) is 0 Å². The van der Waals surface area contributed by atoms with Gasteiger partial charge in [-0.1, -0.05) is 59.6 Å². The summed E-state index contributed by atoms with van der Waals surface area (Å²) in [6.45, 7) is 1.90. The molecule has 1 aromatic heterocycles. The Morgan fingerprint density at radius 2 is 1.81 bits per heavy atom. The maximum absolute atomic E-state index is 6.13. The first-order valence-corrected chi connectivity index (χ1v) is 10.9. The highest BCUT2D eigenvalue weighted by atomic mass is 35.5. The van der Waals surface area contributed by atoms with Gasteiger partial charge < -0.3 is 19.8 Å². The van der Waals surface area contributed by atoms with E-state index in [1.54, 1.807) is 13.2 Å². The van der Waals surface area contributed by atoms with Gasteiger partial charge in [-0.25, -0.2) is 0 Å². The SMILES string of the molecule is COc1cccc(CNCCc2c[nH]c3ccccc23)c1OCc1ccc(Cl)c(Cl)c1. The van der Waals surface area contributed by atoms with Crippen LogP contribution < -0.4 is 14.8 Å². The van der Waals surface area contributed by atoms with Gasteiger partial charge in [0.25, 0.3) is 0 Å². The van der Waals surface area contributed by atoms with Gasteiger partial charge in [-0.15, -0.1) is 0 Å². The first-order chi connectivity index (χ1) is 15.2. The summed E-state index contributed by atoms with van der Waals surface area (Å²) in [5, 5.41) is 5.84. The van der Waals surface area contributed by atoms with Gasteiger partial charge in [0.1, 0.15) is 6.61 Å². The third-order valence-corrected chi connectivity index (χ3v) is 5.95. The summed E-state index contributed by atoms with van der Waals surface area (Å²) in [5.74, 6) is 1.44. The monoisotopic (exact) mass is 454 g/mol. The number of nitrogens with one attached hydrogen (secondary N) is 2. The molecule has 3 aromatic carbocycles. The fourth-order valence-corrected chi connectivity index (χ4v) is 3.92. The predicted molar refractivity (Wildman–Crippen MR) is 127 cm³/mol. The number of hydrogen-bond donors (Lipinski definition) is 2. The molecule has 0 amide bonds. The van der Waals surface area contributed by atoms with Crippen molar-refractivity contribution in [1.82, 2.24) is 10.3 Å². The lowest BCUT2D eigenvalue weighted by Crippen LogP contribution is -2.17. The van der Waals surface area contributed by atoms with Crippen LogP contribution in [0, 0.1) is 0 Å². The second-order valence-corrected chi connectivity index (χ2v) is 8.09. The Kier molecular flexibility index (Phi) is 7.03. The van der Waals surface area contributed by atoms with E-state index < -0.39 is 0 Å². The topological polar surface area (TPSA) is 46.3 Å². The number of ether oxygens (including phenoxy) is 2. The number of fused-ring (bicyclic) bond motifs is 1. The van der Waals surface area contributed by atoms with Gasteiger partial charge in [0, 0.05) is 29.2 Å². The van der Waals surface area contributed by atoms with E-state index in [0.717, 1.165) is 29.8 Å². The number of aromatic nitrogens is 1. The van der Waals surface area contributed by atoms with E-state index in [4.69, 9.17) is 32.7 Å². The molecule has 4 aromatic rings. The van der Waals surface area contributed by atoms with Crippen molar-refractivity contribution in [2.45, 2.75) is 19.6 Å². The lowest BCUT2D eigenvalue weighted by Gasteiger charge is -2.16. The van der Waals surface area contributed by atoms with Gasteiger partial charge in [-0.05, 0) is 48.4 Å². The fourth-order valence-electron chi connectivity index (χ4n) is 3.59. The summed E-state index contributed by atoms with van der Waals surface area (Å²) in [4.78, 5) is 3.33. The molecule has 0 radical (unpaired) electrons. The molecule has 1 heterocycles. The molecule has 0 aliphatic rings. The van der Waals surface area contributed by atoms with Crippen molar-refractivity contribution in [2.75, 3.05) is 13.7 Å². The van der Waals surface area contributed by atoms with Crippen LogP contribution in [0.1, 0.15) is 16.7 Å². The minimum atomic E-state index is 0.375. The third-order valence-electron chi connectivity index (χ3n) is 5.21. The molecular formula is C25H24Cl2N2O2. The van der Waals surface area contributed by atoms with Crippen molar-refractivity contribution in [3.63, 3.8) is 0 Å². The lowest BCUT2D eigenvalue weighted by atomic mass is 10.1. The van der Waals surface area contributed by atoms with Crippen LogP contribution in [0.4, 0.5) is 0 Å². The van der Waals surface area contributed by atoms with E-state index in [1.807, 2.05) is 36.4 Å². The Bertz CT molecular complexity index is 1170. The van der Waals surface area contributed by atoms with Crippen molar-refractivity contribution >= 4 is 34.1 Å². The van der Waals surface area contributed by atoms with Crippen LogP contribution in [0.2, 0.25) is 10.0 Å². The largest absolute Gasteiger partial charge is 0.493 e. The van der Waals surface area contributed by atoms with E-state index in [2.05, 4.69) is 34.7 Å². The molecule has 2 N–H and O–H groups in total. The zero-order valence-electron chi connectivity index (χ0n) is 17.3. The number of methoxy groups -OCH3 is 1. The molecule has 0 fully saturated rings. The highest BCUT2D eigenvalue weighted by Crippen LogP contribution is 2.32. The molecule has 0 aliphatic carbocycles. The average molecular weight is 455 g/mol. The molecule has 0 aliphatic heterocycles. The van der Waals surface area contributed by atoms with Crippen LogP contribution in [-0.4, -0.2) is 18.6 Å². The van der Waals surface area contributed by atoms with Crippen molar-refractivity contribution in [3.05, 3.63) is 93.6 Å². The summed E-state index contributed by atoms with van der Waals surface area (Å²) in [6, 6.07) is 19.8. The number of hydrogen-bond acceptors (Lipinski definition) is 3. The summed E-state index contributed by atoms with van der Waals surface area (Å²) < 4.78 is 11.7. The number of para-hydroxylation sites is 2. The number of halogens is 2. The molecule has 0 saturated heterocycles. The number of benzene rings is 3. The van der Waals surface area contributed by atoms with E-state index in [1.165, 1.54) is 16.5 Å². The molecule has 0 saturated carbocycles. The normalized spacial score (nSPS) is 11.1. The number of aromatic amines is 1. The van der Waals surface area contributed by atoms with Crippen molar-refractivity contribution in [1.29, 1.82) is 0 Å². The van der Waals surface area contributed by atoms with Crippen LogP contribution >= 0.6 is 23.2 Å². The molecule has 0 unspecified atom stereocenters. The fraction of sp³-hybridized carbons (Fsp3) is 0.200. The Balaban J connectivity index is 1.40. The molecule has 31 heavy (non-hydrogen) atoms. The van der Waals surface area contributed by atoms with Crippen LogP contribution in [0.25, 0.3) is 10.9 Å². The maximum Gasteiger partial charge on any atom is 0.166 e. The minimum absolute atomic E-state index is 0.375. The second-order valence-electron chi connectivity index (χ2n) is 7.27. The Morgan fingerprint density at radius 3 is 2.65 bits per heavy atom. The van der Waals surface area contributed by atoms with Gasteiger partial charge in [0.2, 0.25) is 0 Å². The van der Waals surface area contributed by atoms with Crippen LogP contribution in [-0.2, 0) is 19.6 Å². The zero-order valence-corrected chi connectivity index (χ0v) is 18.8. The molecule has 160 valence electrons. The number of H-pyrrole nitrogens is 1. The Hall–Kier alpha value is -2.66. The zero-order chi connectivity index (χ0) is 21.6. The molecule has 0 bridgehead atoms. The van der Waals surface area contributed by atoms with E-state index in [0.29, 0.717) is 28.9 Å². The van der Waals surface area contributed by atoms with E-state index in [9.17, 15) is 0 Å². The van der Waals surface area contributed by atoms with Gasteiger partial charge >= 0.3 is 0 Å². The van der Waals surface area contributed by atoms with Crippen molar-refractivity contribution < 1.29 is 9.47 Å². The smallest absolute Gasteiger partial charge is 0.166 e.